The number of nitrogens with two attached hydrogens (primary N) is 1. The summed E-state index contributed by atoms with van der Waals surface area (Å²) in [5, 5.41) is 1.68. The molecule has 0 saturated carbocycles. The second kappa shape index (κ2) is 6.60. The Balaban J connectivity index is 2.54. The van der Waals surface area contributed by atoms with Crippen molar-refractivity contribution in [3.05, 3.63) is 35.9 Å². The van der Waals surface area contributed by atoms with Gasteiger partial charge in [0, 0.05) is 6.42 Å². The number of aryl methyl sites for hydroxylation is 1. The Hall–Kier alpha value is -2.05. The molecule has 0 aliphatic rings. The number of primary amides is 1. The van der Waals surface area contributed by atoms with Crippen molar-refractivity contribution >= 4 is 11.8 Å². The van der Waals surface area contributed by atoms with E-state index in [2.05, 4.69) is 0 Å². The molecule has 0 fully saturated rings. The van der Waals surface area contributed by atoms with Crippen LogP contribution in [-0.2, 0) is 16.0 Å². The van der Waals surface area contributed by atoms with Gasteiger partial charge in [-0.15, -0.1) is 0 Å². The maximum atomic E-state index is 12.8. The van der Waals surface area contributed by atoms with Crippen molar-refractivity contribution in [1.29, 1.82) is 0 Å². The standard InChI is InChI=1S/C14H17F3N2O2/c1-13(12(18)21,14(15,16)17)19-11(20)9-5-8-10-6-3-2-4-7-10/h2-4,6-7H,5,8-9H2,1H3,(H2,18,21)(H,19,20). The zero-order chi connectivity index (χ0) is 16.1. The van der Waals surface area contributed by atoms with Crippen LogP contribution in [0.3, 0.4) is 0 Å². The quantitative estimate of drug-likeness (QED) is 0.843. The molecule has 0 aliphatic carbocycles. The third kappa shape index (κ3) is 4.47. The maximum Gasteiger partial charge on any atom is 0.420 e. The molecular weight excluding hydrogens is 285 g/mol. The second-order valence-corrected chi connectivity index (χ2v) is 4.87. The lowest BCUT2D eigenvalue weighted by molar-refractivity contribution is -0.195. The third-order valence-electron chi connectivity index (χ3n) is 3.16. The van der Waals surface area contributed by atoms with Gasteiger partial charge in [0.25, 0.3) is 5.91 Å². The van der Waals surface area contributed by atoms with Gasteiger partial charge in [-0.2, -0.15) is 13.2 Å². The van der Waals surface area contributed by atoms with E-state index < -0.39 is 23.5 Å². The van der Waals surface area contributed by atoms with E-state index in [4.69, 9.17) is 5.73 Å². The van der Waals surface area contributed by atoms with Gasteiger partial charge in [-0.25, -0.2) is 0 Å². The van der Waals surface area contributed by atoms with Gasteiger partial charge in [0.05, 0.1) is 0 Å². The molecule has 0 aliphatic heterocycles. The Bertz CT molecular complexity index is 503. The molecule has 0 bridgehead atoms. The Morgan fingerprint density at radius 1 is 1.19 bits per heavy atom. The highest BCUT2D eigenvalue weighted by Crippen LogP contribution is 2.30. The molecule has 0 saturated heterocycles. The van der Waals surface area contributed by atoms with E-state index in [1.54, 1.807) is 5.32 Å². The first-order chi connectivity index (χ1) is 9.67. The molecule has 4 nitrogen and oxygen atoms in total. The van der Waals surface area contributed by atoms with Crippen molar-refractivity contribution in [3.63, 3.8) is 0 Å². The van der Waals surface area contributed by atoms with E-state index in [0.717, 1.165) is 5.56 Å². The van der Waals surface area contributed by atoms with E-state index in [9.17, 15) is 22.8 Å². The Labute approximate surface area is 120 Å². The summed E-state index contributed by atoms with van der Waals surface area (Å²) in [6.45, 7) is 0.560. The lowest BCUT2D eigenvalue weighted by Gasteiger charge is -2.29. The van der Waals surface area contributed by atoms with Gasteiger partial charge in [-0.1, -0.05) is 30.3 Å². The van der Waals surface area contributed by atoms with Crippen molar-refractivity contribution in [1.82, 2.24) is 5.32 Å². The molecule has 3 N–H and O–H groups in total. The van der Waals surface area contributed by atoms with Crippen molar-refractivity contribution in [2.45, 2.75) is 37.9 Å². The average Bonchev–Trinajstić information content (AvgIpc) is 2.38. The number of amides is 2. The molecule has 0 aromatic heterocycles. The molecule has 0 heterocycles. The minimum absolute atomic E-state index is 0.117. The smallest absolute Gasteiger partial charge is 0.367 e. The van der Waals surface area contributed by atoms with Gasteiger partial charge in [-0.05, 0) is 25.3 Å². The van der Waals surface area contributed by atoms with Crippen LogP contribution in [0.15, 0.2) is 30.3 Å². The highest BCUT2D eigenvalue weighted by molar-refractivity contribution is 5.90. The fourth-order valence-electron chi connectivity index (χ4n) is 1.71. The van der Waals surface area contributed by atoms with Crippen LogP contribution in [0, 0.1) is 0 Å². The van der Waals surface area contributed by atoms with E-state index in [1.165, 1.54) is 0 Å². The molecule has 1 atom stereocenters. The Kier molecular flexibility index (Phi) is 5.34. The van der Waals surface area contributed by atoms with Crippen molar-refractivity contribution in [2.24, 2.45) is 5.73 Å². The largest absolute Gasteiger partial charge is 0.420 e. The number of hydrogen-bond acceptors (Lipinski definition) is 2. The number of nitrogens with one attached hydrogen (secondary N) is 1. The first kappa shape index (κ1) is 17.0. The third-order valence-corrected chi connectivity index (χ3v) is 3.16. The SMILES string of the molecule is CC(NC(=O)CCCc1ccccc1)(C(N)=O)C(F)(F)F. The van der Waals surface area contributed by atoms with E-state index in [1.807, 2.05) is 30.3 Å². The summed E-state index contributed by atoms with van der Waals surface area (Å²) >= 11 is 0. The molecule has 0 radical (unpaired) electrons. The van der Waals surface area contributed by atoms with Crippen LogP contribution < -0.4 is 11.1 Å². The second-order valence-electron chi connectivity index (χ2n) is 4.87. The zero-order valence-electron chi connectivity index (χ0n) is 11.5. The topological polar surface area (TPSA) is 72.2 Å². The molecular formula is C14H17F3N2O2. The molecule has 21 heavy (non-hydrogen) atoms. The highest BCUT2D eigenvalue weighted by Gasteiger charge is 2.56. The molecule has 1 aromatic rings. The fourth-order valence-corrected chi connectivity index (χ4v) is 1.71. The molecule has 7 heteroatoms. The maximum absolute atomic E-state index is 12.8. The number of hydrogen-bond donors (Lipinski definition) is 2. The van der Waals surface area contributed by atoms with Crippen molar-refractivity contribution < 1.29 is 22.8 Å². The van der Waals surface area contributed by atoms with Gasteiger partial charge < -0.3 is 11.1 Å². The highest BCUT2D eigenvalue weighted by atomic mass is 19.4. The number of benzene rings is 1. The summed E-state index contributed by atoms with van der Waals surface area (Å²) in [5.41, 5.74) is 2.69. The summed E-state index contributed by atoms with van der Waals surface area (Å²) < 4.78 is 38.4. The minimum Gasteiger partial charge on any atom is -0.367 e. The summed E-state index contributed by atoms with van der Waals surface area (Å²) in [6, 6.07) is 9.24. The Morgan fingerprint density at radius 3 is 2.24 bits per heavy atom. The average molecular weight is 302 g/mol. The molecule has 2 amide bonds. The van der Waals surface area contributed by atoms with Gasteiger partial charge in [0.2, 0.25) is 11.4 Å². The van der Waals surface area contributed by atoms with Gasteiger partial charge >= 0.3 is 6.18 Å². The van der Waals surface area contributed by atoms with Gasteiger partial charge in [0.1, 0.15) is 0 Å². The van der Waals surface area contributed by atoms with Crippen LogP contribution in [0.2, 0.25) is 0 Å². The van der Waals surface area contributed by atoms with Crippen LogP contribution in [0.4, 0.5) is 13.2 Å². The predicted molar refractivity (Wildman–Crippen MR) is 71.2 cm³/mol. The van der Waals surface area contributed by atoms with E-state index >= 15 is 0 Å². The zero-order valence-corrected chi connectivity index (χ0v) is 11.5. The summed E-state index contributed by atoms with van der Waals surface area (Å²) in [6.07, 6.45) is -4.11. The number of carbonyl (C=O) groups excluding carboxylic acids is 2. The first-order valence-electron chi connectivity index (χ1n) is 6.38. The van der Waals surface area contributed by atoms with E-state index in [0.29, 0.717) is 19.8 Å². The van der Waals surface area contributed by atoms with Crippen LogP contribution in [0.25, 0.3) is 0 Å². The number of rotatable bonds is 6. The van der Waals surface area contributed by atoms with Crippen molar-refractivity contribution in [2.75, 3.05) is 0 Å². The lowest BCUT2D eigenvalue weighted by Crippen LogP contribution is -2.64. The molecule has 0 spiro atoms. The molecule has 1 rings (SSSR count). The normalized spacial score (nSPS) is 14.3. The molecule has 1 unspecified atom stereocenters. The predicted octanol–water partition coefficient (Wildman–Crippen LogP) is 1.93. The summed E-state index contributed by atoms with van der Waals surface area (Å²) in [4.78, 5) is 22.6. The monoisotopic (exact) mass is 302 g/mol. The van der Waals surface area contributed by atoms with Crippen LogP contribution in [-0.4, -0.2) is 23.5 Å². The van der Waals surface area contributed by atoms with Gasteiger partial charge in [-0.3, -0.25) is 9.59 Å². The summed E-state index contributed by atoms with van der Waals surface area (Å²) in [7, 11) is 0. The van der Waals surface area contributed by atoms with Gasteiger partial charge in [0.15, 0.2) is 0 Å². The van der Waals surface area contributed by atoms with Crippen LogP contribution >= 0.6 is 0 Å². The Morgan fingerprint density at radius 2 is 1.76 bits per heavy atom. The fraction of sp³-hybridized carbons (Fsp3) is 0.429. The minimum atomic E-state index is -4.94. The van der Waals surface area contributed by atoms with E-state index in [-0.39, 0.29) is 6.42 Å². The number of carbonyl (C=O) groups is 2. The number of alkyl halides is 3. The first-order valence-corrected chi connectivity index (χ1v) is 6.38. The molecule has 1 aromatic carbocycles. The number of halogens is 3. The van der Waals surface area contributed by atoms with Crippen molar-refractivity contribution in [3.8, 4) is 0 Å². The molecule has 116 valence electrons. The van der Waals surface area contributed by atoms with Crippen LogP contribution in [0.5, 0.6) is 0 Å². The summed E-state index contributed by atoms with van der Waals surface area (Å²) in [5.74, 6) is -2.49. The lowest BCUT2D eigenvalue weighted by atomic mass is 10.00. The van der Waals surface area contributed by atoms with Crippen LogP contribution in [0.1, 0.15) is 25.3 Å².